The predicted octanol–water partition coefficient (Wildman–Crippen LogP) is 6.28. The summed E-state index contributed by atoms with van der Waals surface area (Å²) in [6.45, 7) is 10.2. The standard InChI is InChI=1S/C24H34O/c1-6-23(3)20-14-18(20)21-17-8-7-15-13-16(25-5)9-11-22(15,2)19(17)10-12-24(21,23)4/h7,10,13,17-18,20-21H,6,8-9,11-12,14H2,1-5H3/t17?,18-,20+,21?,22+,23-,24+/m1/s1. The summed E-state index contributed by atoms with van der Waals surface area (Å²) in [5.74, 6) is 4.91. The van der Waals surface area contributed by atoms with Gasteiger partial charge >= 0.3 is 0 Å². The van der Waals surface area contributed by atoms with Crippen LogP contribution in [-0.4, -0.2) is 7.11 Å². The van der Waals surface area contributed by atoms with Crippen molar-refractivity contribution in [3.63, 3.8) is 0 Å². The summed E-state index contributed by atoms with van der Waals surface area (Å²) in [6.07, 6.45) is 15.4. The SMILES string of the molecule is CC[C@]1(C)[C@H]2C[C@H]2C2C3CC=C4C=C(OC)CC[C@]4(C)C3=CC[C@@]21C. The van der Waals surface area contributed by atoms with E-state index in [1.165, 1.54) is 43.4 Å². The van der Waals surface area contributed by atoms with E-state index in [0.29, 0.717) is 10.8 Å². The number of fused-ring (bicyclic) bond motifs is 7. The second kappa shape index (κ2) is 4.84. The summed E-state index contributed by atoms with van der Waals surface area (Å²) in [5, 5.41) is 0. The molecule has 0 N–H and O–H groups in total. The number of rotatable bonds is 2. The predicted molar refractivity (Wildman–Crippen MR) is 103 cm³/mol. The molecule has 0 radical (unpaired) electrons. The normalized spacial score (nSPS) is 52.8. The van der Waals surface area contributed by atoms with Gasteiger partial charge in [-0.15, -0.1) is 0 Å². The van der Waals surface area contributed by atoms with Gasteiger partial charge in [-0.3, -0.25) is 0 Å². The Labute approximate surface area is 153 Å². The molecule has 2 fully saturated rings. The molecule has 0 aliphatic heterocycles. The second-order valence-electron chi connectivity index (χ2n) is 10.2. The maximum absolute atomic E-state index is 5.57. The number of allylic oxidation sites excluding steroid dienone is 6. The van der Waals surface area contributed by atoms with Gasteiger partial charge in [-0.1, -0.05) is 45.4 Å². The fraction of sp³-hybridized carbons (Fsp3) is 0.750. The quantitative estimate of drug-likeness (QED) is 0.538. The highest BCUT2D eigenvalue weighted by Crippen LogP contribution is 2.79. The van der Waals surface area contributed by atoms with E-state index in [0.717, 1.165) is 30.1 Å². The van der Waals surface area contributed by atoms with Crippen molar-refractivity contribution in [1.82, 2.24) is 0 Å². The largest absolute Gasteiger partial charge is 0.501 e. The van der Waals surface area contributed by atoms with E-state index in [1.807, 2.05) is 7.11 Å². The van der Waals surface area contributed by atoms with Gasteiger partial charge in [0.2, 0.25) is 0 Å². The zero-order valence-electron chi connectivity index (χ0n) is 16.7. The van der Waals surface area contributed by atoms with Gasteiger partial charge in [0.1, 0.15) is 0 Å². The van der Waals surface area contributed by atoms with Crippen LogP contribution in [0.3, 0.4) is 0 Å². The Morgan fingerprint density at radius 1 is 1.20 bits per heavy atom. The highest BCUT2D eigenvalue weighted by atomic mass is 16.5. The average molecular weight is 339 g/mol. The van der Waals surface area contributed by atoms with Gasteiger partial charge < -0.3 is 4.74 Å². The van der Waals surface area contributed by atoms with Gasteiger partial charge in [0.15, 0.2) is 0 Å². The van der Waals surface area contributed by atoms with Crippen molar-refractivity contribution in [3.8, 4) is 0 Å². The van der Waals surface area contributed by atoms with Crippen molar-refractivity contribution in [1.29, 1.82) is 0 Å². The van der Waals surface area contributed by atoms with Crippen LogP contribution in [0.25, 0.3) is 0 Å². The monoisotopic (exact) mass is 338 g/mol. The molecular weight excluding hydrogens is 304 g/mol. The average Bonchev–Trinajstić information content (AvgIpc) is 3.37. The van der Waals surface area contributed by atoms with Crippen LogP contribution in [0.15, 0.2) is 35.1 Å². The third kappa shape index (κ3) is 1.76. The lowest BCUT2D eigenvalue weighted by molar-refractivity contribution is -0.00276. The molecule has 7 atom stereocenters. The Morgan fingerprint density at radius 3 is 2.72 bits per heavy atom. The summed E-state index contributed by atoms with van der Waals surface area (Å²) in [5.41, 5.74) is 4.68. The maximum Gasteiger partial charge on any atom is 0.0958 e. The van der Waals surface area contributed by atoms with Crippen molar-refractivity contribution in [2.75, 3.05) is 7.11 Å². The molecule has 0 heterocycles. The molecule has 0 aromatic carbocycles. The minimum Gasteiger partial charge on any atom is -0.501 e. The smallest absolute Gasteiger partial charge is 0.0958 e. The molecule has 5 aliphatic rings. The van der Waals surface area contributed by atoms with Gasteiger partial charge in [-0.2, -0.15) is 0 Å². The highest BCUT2D eigenvalue weighted by Gasteiger charge is 2.72. The first-order valence-electron chi connectivity index (χ1n) is 10.5. The molecule has 5 rings (SSSR count). The first-order valence-corrected chi connectivity index (χ1v) is 10.5. The first-order chi connectivity index (χ1) is 11.9. The van der Waals surface area contributed by atoms with Crippen LogP contribution in [0, 0.1) is 39.9 Å². The van der Waals surface area contributed by atoms with Gasteiger partial charge in [0.25, 0.3) is 0 Å². The molecule has 0 saturated heterocycles. The molecule has 0 aromatic rings. The lowest BCUT2D eigenvalue weighted by Gasteiger charge is -2.56. The lowest BCUT2D eigenvalue weighted by Crippen LogP contribution is -2.48. The number of hydrogen-bond acceptors (Lipinski definition) is 1. The first kappa shape index (κ1) is 16.2. The van der Waals surface area contributed by atoms with Crippen LogP contribution in [-0.2, 0) is 4.74 Å². The van der Waals surface area contributed by atoms with E-state index in [4.69, 9.17) is 4.74 Å². The third-order valence-electron chi connectivity index (χ3n) is 9.79. The van der Waals surface area contributed by atoms with Crippen LogP contribution in [0.1, 0.15) is 66.2 Å². The molecule has 136 valence electrons. The third-order valence-corrected chi connectivity index (χ3v) is 9.79. The summed E-state index contributed by atoms with van der Waals surface area (Å²) < 4.78 is 5.57. The molecule has 1 heteroatoms. The molecule has 0 amide bonds. The van der Waals surface area contributed by atoms with Crippen molar-refractivity contribution < 1.29 is 4.74 Å². The molecule has 5 aliphatic carbocycles. The minimum atomic E-state index is 0.266. The zero-order valence-corrected chi connectivity index (χ0v) is 16.7. The van der Waals surface area contributed by atoms with E-state index in [2.05, 4.69) is 45.9 Å². The van der Waals surface area contributed by atoms with Crippen LogP contribution >= 0.6 is 0 Å². The topological polar surface area (TPSA) is 9.23 Å². The summed E-state index contributed by atoms with van der Waals surface area (Å²) in [4.78, 5) is 0. The van der Waals surface area contributed by atoms with Crippen molar-refractivity contribution in [2.45, 2.75) is 66.2 Å². The maximum atomic E-state index is 5.57. The van der Waals surface area contributed by atoms with Crippen molar-refractivity contribution in [3.05, 3.63) is 35.1 Å². The molecule has 0 aromatic heterocycles. The zero-order chi connectivity index (χ0) is 17.6. The van der Waals surface area contributed by atoms with Gasteiger partial charge in [0.05, 0.1) is 12.9 Å². The Kier molecular flexibility index (Phi) is 3.14. The van der Waals surface area contributed by atoms with Crippen LogP contribution in [0.2, 0.25) is 0 Å². The minimum absolute atomic E-state index is 0.266. The van der Waals surface area contributed by atoms with E-state index in [1.54, 1.807) is 5.57 Å². The van der Waals surface area contributed by atoms with Crippen LogP contribution in [0.4, 0.5) is 0 Å². The fourth-order valence-electron chi connectivity index (χ4n) is 7.91. The van der Waals surface area contributed by atoms with Crippen LogP contribution < -0.4 is 0 Å². The summed E-state index contributed by atoms with van der Waals surface area (Å²) in [6, 6.07) is 0. The lowest BCUT2D eigenvalue weighted by atomic mass is 9.48. The summed E-state index contributed by atoms with van der Waals surface area (Å²) in [7, 11) is 1.82. The van der Waals surface area contributed by atoms with Gasteiger partial charge in [-0.05, 0) is 78.3 Å². The molecule has 2 unspecified atom stereocenters. The number of ether oxygens (including phenoxy) is 1. The molecule has 25 heavy (non-hydrogen) atoms. The fourth-order valence-corrected chi connectivity index (χ4v) is 7.91. The van der Waals surface area contributed by atoms with E-state index >= 15 is 0 Å². The van der Waals surface area contributed by atoms with Crippen LogP contribution in [0.5, 0.6) is 0 Å². The van der Waals surface area contributed by atoms with Gasteiger partial charge in [-0.25, -0.2) is 0 Å². The molecule has 0 bridgehead atoms. The molecule has 1 nitrogen and oxygen atoms in total. The Bertz CT molecular complexity index is 712. The Morgan fingerprint density at radius 2 is 2.00 bits per heavy atom. The molecule has 0 spiro atoms. The number of hydrogen-bond donors (Lipinski definition) is 0. The number of methoxy groups -OCH3 is 1. The van der Waals surface area contributed by atoms with E-state index in [9.17, 15) is 0 Å². The molecular formula is C24H34O. The highest BCUT2D eigenvalue weighted by molar-refractivity contribution is 5.46. The Hall–Kier alpha value is -0.980. The van der Waals surface area contributed by atoms with Gasteiger partial charge in [0, 0.05) is 11.8 Å². The van der Waals surface area contributed by atoms with Crippen molar-refractivity contribution >= 4 is 0 Å². The van der Waals surface area contributed by atoms with Crippen molar-refractivity contribution in [2.24, 2.45) is 39.9 Å². The Balaban J connectivity index is 1.58. The van der Waals surface area contributed by atoms with E-state index < -0.39 is 0 Å². The summed E-state index contributed by atoms with van der Waals surface area (Å²) >= 11 is 0. The second-order valence-corrected chi connectivity index (χ2v) is 10.2. The molecule has 2 saturated carbocycles. The van der Waals surface area contributed by atoms with E-state index in [-0.39, 0.29) is 5.41 Å².